The van der Waals surface area contributed by atoms with Crippen molar-refractivity contribution in [2.75, 3.05) is 0 Å². The molecule has 6 aromatic rings. The van der Waals surface area contributed by atoms with Crippen molar-refractivity contribution >= 4 is 59.8 Å². The summed E-state index contributed by atoms with van der Waals surface area (Å²) in [5, 5.41) is 17.2. The molecular formula is C27H20FN3. The van der Waals surface area contributed by atoms with Gasteiger partial charge in [-0.1, -0.05) is 48.5 Å². The van der Waals surface area contributed by atoms with Crippen molar-refractivity contribution in [3.05, 3.63) is 96.8 Å². The summed E-state index contributed by atoms with van der Waals surface area (Å²) >= 11 is 0. The molecule has 4 heteroatoms. The molecule has 0 heterocycles. The first-order chi connectivity index (χ1) is 15.0. The van der Waals surface area contributed by atoms with Crippen molar-refractivity contribution < 1.29 is 4.39 Å². The Morgan fingerprint density at radius 3 is 1.61 bits per heavy atom. The van der Waals surface area contributed by atoms with Crippen LogP contribution < -0.4 is 11.5 Å². The van der Waals surface area contributed by atoms with Gasteiger partial charge in [0.2, 0.25) is 0 Å². The average molecular weight is 405 g/mol. The second-order valence-electron chi connectivity index (χ2n) is 7.68. The Hall–Kier alpha value is -4.18. The van der Waals surface area contributed by atoms with Gasteiger partial charge in [0.1, 0.15) is 5.82 Å². The molecule has 0 unspecified atom stereocenters. The van der Waals surface area contributed by atoms with Gasteiger partial charge in [-0.25, -0.2) is 4.39 Å². The van der Waals surface area contributed by atoms with E-state index in [2.05, 4.69) is 78.2 Å². The number of hydrogen-bond acceptors (Lipinski definition) is 1. The van der Waals surface area contributed by atoms with E-state index in [0.29, 0.717) is 5.39 Å². The van der Waals surface area contributed by atoms with Crippen LogP contribution in [0.1, 0.15) is 0 Å². The van der Waals surface area contributed by atoms with Gasteiger partial charge >= 0.3 is 0 Å². The van der Waals surface area contributed by atoms with Gasteiger partial charge in [0, 0.05) is 5.39 Å². The SMILES string of the molecule is Fc1cccc2cc3ccc4cc5cc6ccccc6cc5cc4c3cc12.N=C(N)N. The maximum atomic E-state index is 14.3. The molecule has 0 spiro atoms. The van der Waals surface area contributed by atoms with Gasteiger partial charge in [-0.3, -0.25) is 5.41 Å². The molecule has 5 N–H and O–H groups in total. The van der Waals surface area contributed by atoms with E-state index >= 15 is 0 Å². The molecule has 150 valence electrons. The third-order valence-electron chi connectivity index (χ3n) is 5.60. The van der Waals surface area contributed by atoms with E-state index in [4.69, 9.17) is 5.41 Å². The molecule has 0 fully saturated rings. The van der Waals surface area contributed by atoms with Crippen LogP contribution in [0.3, 0.4) is 0 Å². The van der Waals surface area contributed by atoms with Crippen LogP contribution in [0, 0.1) is 11.2 Å². The molecule has 0 aliphatic rings. The Bertz CT molecular complexity index is 1630. The standard InChI is InChI=1S/C26H15F.CH5N3/c27-26-7-3-6-18-12-19-8-9-20-13-21-10-16-4-1-2-5-17(16)11-22(21)14-23(20)24(19)15-25(18)26;2-1(3)4/h1-15H;(H5,2,3,4). The van der Waals surface area contributed by atoms with Crippen LogP contribution in [0.5, 0.6) is 0 Å². The Morgan fingerprint density at radius 2 is 0.968 bits per heavy atom. The van der Waals surface area contributed by atoms with Crippen molar-refractivity contribution in [1.82, 2.24) is 0 Å². The summed E-state index contributed by atoms with van der Waals surface area (Å²) in [7, 11) is 0. The highest BCUT2D eigenvalue weighted by Crippen LogP contribution is 2.34. The lowest BCUT2D eigenvalue weighted by Gasteiger charge is -2.09. The summed E-state index contributed by atoms with van der Waals surface area (Å²) < 4.78 is 14.3. The van der Waals surface area contributed by atoms with E-state index < -0.39 is 0 Å². The minimum atomic E-state index is -0.333. The van der Waals surface area contributed by atoms with E-state index in [0.717, 1.165) is 16.2 Å². The fourth-order valence-electron chi connectivity index (χ4n) is 4.24. The van der Waals surface area contributed by atoms with Crippen molar-refractivity contribution in [2.24, 2.45) is 11.5 Å². The zero-order chi connectivity index (χ0) is 21.5. The van der Waals surface area contributed by atoms with E-state index in [-0.39, 0.29) is 11.8 Å². The number of fused-ring (bicyclic) bond motifs is 6. The molecule has 0 saturated carbocycles. The van der Waals surface area contributed by atoms with Crippen molar-refractivity contribution in [3.8, 4) is 0 Å². The molecule has 0 atom stereocenters. The largest absolute Gasteiger partial charge is 0.370 e. The lowest BCUT2D eigenvalue weighted by Crippen LogP contribution is -2.20. The fourth-order valence-corrected chi connectivity index (χ4v) is 4.24. The number of rotatable bonds is 0. The van der Waals surface area contributed by atoms with Crippen LogP contribution >= 0.6 is 0 Å². The zero-order valence-electron chi connectivity index (χ0n) is 16.7. The summed E-state index contributed by atoms with van der Waals surface area (Å²) in [6.45, 7) is 0. The highest BCUT2D eigenvalue weighted by Gasteiger charge is 2.08. The zero-order valence-corrected chi connectivity index (χ0v) is 16.7. The normalized spacial score (nSPS) is 11.1. The van der Waals surface area contributed by atoms with E-state index in [1.165, 1.54) is 38.4 Å². The topological polar surface area (TPSA) is 75.9 Å². The van der Waals surface area contributed by atoms with Gasteiger partial charge in [0.05, 0.1) is 0 Å². The number of benzene rings is 6. The van der Waals surface area contributed by atoms with Crippen molar-refractivity contribution in [3.63, 3.8) is 0 Å². The van der Waals surface area contributed by atoms with Crippen molar-refractivity contribution in [1.29, 1.82) is 5.41 Å². The average Bonchev–Trinajstić information content (AvgIpc) is 2.75. The van der Waals surface area contributed by atoms with Gasteiger partial charge in [-0.2, -0.15) is 0 Å². The van der Waals surface area contributed by atoms with E-state index in [1.54, 1.807) is 6.07 Å². The molecular weight excluding hydrogens is 385 g/mol. The summed E-state index contributed by atoms with van der Waals surface area (Å²) in [4.78, 5) is 0. The van der Waals surface area contributed by atoms with Crippen LogP contribution in [0.25, 0.3) is 53.9 Å². The predicted molar refractivity (Wildman–Crippen MR) is 130 cm³/mol. The first-order valence-corrected chi connectivity index (χ1v) is 9.96. The molecule has 3 nitrogen and oxygen atoms in total. The molecule has 0 aromatic heterocycles. The summed E-state index contributed by atoms with van der Waals surface area (Å²) in [5.41, 5.74) is 8.94. The molecule has 0 aliphatic carbocycles. The number of guanidine groups is 1. The lowest BCUT2D eigenvalue weighted by molar-refractivity contribution is 0.640. The monoisotopic (exact) mass is 405 g/mol. The first kappa shape index (κ1) is 18.8. The van der Waals surface area contributed by atoms with Gasteiger partial charge in [0.15, 0.2) is 5.96 Å². The van der Waals surface area contributed by atoms with Gasteiger partial charge in [-0.05, 0) is 90.9 Å². The molecule has 31 heavy (non-hydrogen) atoms. The Kier molecular flexibility index (Phi) is 4.41. The highest BCUT2D eigenvalue weighted by atomic mass is 19.1. The van der Waals surface area contributed by atoms with Crippen molar-refractivity contribution in [2.45, 2.75) is 0 Å². The summed E-state index contributed by atoms with van der Waals surface area (Å²) in [6.07, 6.45) is 0. The Labute approximate surface area is 178 Å². The van der Waals surface area contributed by atoms with Gasteiger partial charge in [0.25, 0.3) is 0 Å². The van der Waals surface area contributed by atoms with Crippen LogP contribution in [-0.2, 0) is 0 Å². The molecule has 0 bridgehead atoms. The third-order valence-corrected chi connectivity index (χ3v) is 5.60. The Morgan fingerprint density at radius 1 is 0.516 bits per heavy atom. The lowest BCUT2D eigenvalue weighted by atomic mass is 9.95. The molecule has 0 radical (unpaired) electrons. The maximum absolute atomic E-state index is 14.3. The molecule has 0 saturated heterocycles. The smallest absolute Gasteiger partial charge is 0.183 e. The Balaban J connectivity index is 0.000000473. The molecule has 0 amide bonds. The number of halogens is 1. The second kappa shape index (κ2) is 7.26. The van der Waals surface area contributed by atoms with E-state index in [1.807, 2.05) is 12.1 Å². The summed E-state index contributed by atoms with van der Waals surface area (Å²) in [5.74, 6) is -0.502. The number of nitrogens with two attached hydrogens (primary N) is 2. The van der Waals surface area contributed by atoms with Crippen LogP contribution in [0.15, 0.2) is 91.0 Å². The van der Waals surface area contributed by atoms with Crippen LogP contribution in [0.2, 0.25) is 0 Å². The quantitative estimate of drug-likeness (QED) is 0.118. The minimum absolute atomic E-state index is 0.168. The highest BCUT2D eigenvalue weighted by molar-refractivity contribution is 6.16. The van der Waals surface area contributed by atoms with Gasteiger partial charge in [-0.15, -0.1) is 0 Å². The first-order valence-electron chi connectivity index (χ1n) is 9.96. The minimum Gasteiger partial charge on any atom is -0.370 e. The molecule has 6 rings (SSSR count). The summed E-state index contributed by atoms with van der Waals surface area (Å²) in [6, 6.07) is 31.0. The molecule has 0 aliphatic heterocycles. The maximum Gasteiger partial charge on any atom is 0.183 e. The van der Waals surface area contributed by atoms with Gasteiger partial charge < -0.3 is 11.5 Å². The van der Waals surface area contributed by atoms with Crippen LogP contribution in [-0.4, -0.2) is 5.96 Å². The van der Waals surface area contributed by atoms with Crippen LogP contribution in [0.4, 0.5) is 4.39 Å². The van der Waals surface area contributed by atoms with E-state index in [9.17, 15) is 4.39 Å². The second-order valence-corrected chi connectivity index (χ2v) is 7.68. The molecule has 6 aromatic carbocycles. The third kappa shape index (κ3) is 3.38. The number of hydrogen-bond donors (Lipinski definition) is 3. The number of nitrogens with one attached hydrogen (secondary N) is 1. The predicted octanol–water partition coefficient (Wildman–Crippen LogP) is 6.43. The fraction of sp³-hybridized carbons (Fsp3) is 0.